The lowest BCUT2D eigenvalue weighted by Crippen LogP contribution is -2.41. The van der Waals surface area contributed by atoms with Crippen LogP contribution in [0, 0.1) is 6.92 Å². The molecule has 1 fully saturated rings. The summed E-state index contributed by atoms with van der Waals surface area (Å²) in [6, 6.07) is 7.60. The fourth-order valence-corrected chi connectivity index (χ4v) is 5.09. The lowest BCUT2D eigenvalue weighted by molar-refractivity contribution is -0.117. The van der Waals surface area contributed by atoms with Crippen LogP contribution >= 0.6 is 11.5 Å². The molecule has 5 rings (SSSR count). The lowest BCUT2D eigenvalue weighted by Gasteiger charge is -2.26. The van der Waals surface area contributed by atoms with Gasteiger partial charge in [-0.25, -0.2) is 4.98 Å². The van der Waals surface area contributed by atoms with E-state index in [2.05, 4.69) is 35.2 Å². The van der Waals surface area contributed by atoms with Crippen LogP contribution in [0.1, 0.15) is 28.9 Å². The number of hydrogen-bond acceptors (Lipinski definition) is 9. The molecule has 10 nitrogen and oxygen atoms in total. The Bertz CT molecular complexity index is 1360. The van der Waals surface area contributed by atoms with Gasteiger partial charge in [-0.3, -0.25) is 19.5 Å². The number of ether oxygens (including phenoxy) is 1. The highest BCUT2D eigenvalue weighted by molar-refractivity contribution is 7.10. The van der Waals surface area contributed by atoms with Crippen LogP contribution in [-0.4, -0.2) is 70.4 Å². The van der Waals surface area contributed by atoms with Crippen molar-refractivity contribution >= 4 is 45.2 Å². The molecule has 192 valence electrons. The van der Waals surface area contributed by atoms with Gasteiger partial charge in [0.1, 0.15) is 10.8 Å². The van der Waals surface area contributed by atoms with Crippen LogP contribution in [0.15, 0.2) is 53.9 Å². The van der Waals surface area contributed by atoms with Gasteiger partial charge in [0.05, 0.1) is 41.7 Å². The summed E-state index contributed by atoms with van der Waals surface area (Å²) in [5.74, 6) is 0.141. The average Bonchev–Trinajstić information content (AvgIpc) is 3.29. The van der Waals surface area contributed by atoms with Gasteiger partial charge in [-0.2, -0.15) is 4.37 Å². The minimum atomic E-state index is -0.293. The zero-order valence-corrected chi connectivity index (χ0v) is 21.4. The number of anilines is 2. The van der Waals surface area contributed by atoms with Crippen LogP contribution in [0.25, 0.3) is 11.0 Å². The Hall–Kier alpha value is -3.67. The minimum Gasteiger partial charge on any atom is -0.379 e. The predicted molar refractivity (Wildman–Crippen MR) is 143 cm³/mol. The Kier molecular flexibility index (Phi) is 7.83. The van der Waals surface area contributed by atoms with E-state index in [1.807, 2.05) is 30.3 Å². The van der Waals surface area contributed by atoms with Crippen LogP contribution in [0.3, 0.4) is 0 Å². The van der Waals surface area contributed by atoms with Crippen molar-refractivity contribution in [3.8, 4) is 0 Å². The second-order valence-corrected chi connectivity index (χ2v) is 9.65. The number of nitrogens with one attached hydrogen (secondary N) is 3. The molecule has 2 aromatic heterocycles. The maximum atomic E-state index is 13.2. The number of benzene rings is 1. The Balaban J connectivity index is 1.21. The first-order valence-corrected chi connectivity index (χ1v) is 13.1. The van der Waals surface area contributed by atoms with E-state index in [0.29, 0.717) is 52.7 Å². The predicted octanol–water partition coefficient (Wildman–Crippen LogP) is 2.92. The van der Waals surface area contributed by atoms with Crippen LogP contribution in [-0.2, 0) is 9.53 Å². The zero-order chi connectivity index (χ0) is 25.6. The minimum absolute atomic E-state index is 0.0984. The van der Waals surface area contributed by atoms with Crippen LogP contribution < -0.4 is 16.0 Å². The summed E-state index contributed by atoms with van der Waals surface area (Å²) in [7, 11) is 0. The maximum Gasteiger partial charge on any atom is 0.260 e. The normalized spacial score (nSPS) is 16.1. The van der Waals surface area contributed by atoms with Crippen molar-refractivity contribution < 1.29 is 14.3 Å². The van der Waals surface area contributed by atoms with Gasteiger partial charge in [-0.1, -0.05) is 18.2 Å². The number of para-hydroxylation sites is 2. The van der Waals surface area contributed by atoms with Crippen LogP contribution in [0.4, 0.5) is 10.8 Å². The van der Waals surface area contributed by atoms with Crippen LogP contribution in [0.2, 0.25) is 0 Å². The highest BCUT2D eigenvalue weighted by Gasteiger charge is 2.21. The van der Waals surface area contributed by atoms with E-state index in [0.717, 1.165) is 43.9 Å². The van der Waals surface area contributed by atoms with Gasteiger partial charge in [0, 0.05) is 37.4 Å². The number of carbonyl (C=O) groups excluding carboxylic acids is 2. The first-order chi connectivity index (χ1) is 18.1. The van der Waals surface area contributed by atoms with Gasteiger partial charge in [0.15, 0.2) is 0 Å². The van der Waals surface area contributed by atoms with E-state index in [1.165, 1.54) is 11.5 Å². The molecule has 1 aromatic carbocycles. The molecule has 11 heteroatoms. The molecular weight excluding hydrogens is 490 g/mol. The average molecular weight is 520 g/mol. The van der Waals surface area contributed by atoms with Gasteiger partial charge < -0.3 is 20.7 Å². The third-order valence-electron chi connectivity index (χ3n) is 6.25. The lowest BCUT2D eigenvalue weighted by atomic mass is 10.0. The fraction of sp³-hybridized carbons (Fsp3) is 0.346. The SMILES string of the molecule is Cc1nsc(Nc2cnc3ccccc3n2)c1C(=O)NC1=CCCC(C(=O)NCCN2CCOCC2)=C1. The van der Waals surface area contributed by atoms with Crippen molar-refractivity contribution in [1.82, 2.24) is 29.9 Å². The molecular formula is C26H29N7O3S. The molecule has 0 saturated carbocycles. The van der Waals surface area contributed by atoms with Gasteiger partial charge in [0.2, 0.25) is 5.91 Å². The van der Waals surface area contributed by atoms with Gasteiger partial charge in [-0.15, -0.1) is 0 Å². The topological polar surface area (TPSA) is 121 Å². The number of aromatic nitrogens is 3. The molecule has 1 aliphatic heterocycles. The molecule has 2 amide bonds. The van der Waals surface area contributed by atoms with Crippen LogP contribution in [0.5, 0.6) is 0 Å². The number of carbonyl (C=O) groups is 2. The molecule has 3 aromatic rings. The number of hydrogen-bond donors (Lipinski definition) is 3. The van der Waals surface area contributed by atoms with E-state index in [9.17, 15) is 9.59 Å². The van der Waals surface area contributed by atoms with E-state index < -0.39 is 0 Å². The van der Waals surface area contributed by atoms with Crippen molar-refractivity contribution in [3.05, 3.63) is 65.1 Å². The molecule has 0 spiro atoms. The smallest absolute Gasteiger partial charge is 0.260 e. The van der Waals surface area contributed by atoms with E-state index in [1.54, 1.807) is 19.2 Å². The van der Waals surface area contributed by atoms with Crippen molar-refractivity contribution in [2.45, 2.75) is 19.8 Å². The Labute approximate surface area is 219 Å². The maximum absolute atomic E-state index is 13.2. The standard InChI is InChI=1S/C26H29N7O3S/c1-17-23(26(37-32-17)31-22-16-28-20-7-2-3-8-21(20)30-22)25(35)29-19-6-4-5-18(15-19)24(34)27-9-10-33-11-13-36-14-12-33/h2-3,6-8,15-16H,4-5,9-14H2,1H3,(H,27,34)(H,29,35)(H,30,31). The second kappa shape index (κ2) is 11.6. The summed E-state index contributed by atoms with van der Waals surface area (Å²) >= 11 is 1.19. The zero-order valence-electron chi connectivity index (χ0n) is 20.6. The summed E-state index contributed by atoms with van der Waals surface area (Å²) in [5.41, 5.74) is 3.87. The van der Waals surface area contributed by atoms with Gasteiger partial charge in [0.25, 0.3) is 5.91 Å². The summed E-state index contributed by atoms with van der Waals surface area (Å²) in [6.07, 6.45) is 6.63. The third-order valence-corrected chi connectivity index (χ3v) is 7.11. The van der Waals surface area contributed by atoms with Crippen molar-refractivity contribution in [2.24, 2.45) is 0 Å². The first-order valence-electron chi connectivity index (χ1n) is 12.3. The Morgan fingerprint density at radius 1 is 1.14 bits per heavy atom. The van der Waals surface area contributed by atoms with Gasteiger partial charge >= 0.3 is 0 Å². The van der Waals surface area contributed by atoms with Gasteiger partial charge in [-0.05, 0) is 49.5 Å². The molecule has 37 heavy (non-hydrogen) atoms. The first kappa shape index (κ1) is 25.0. The summed E-state index contributed by atoms with van der Waals surface area (Å²) in [5, 5.41) is 9.72. The Morgan fingerprint density at radius 2 is 1.95 bits per heavy atom. The monoisotopic (exact) mass is 519 g/mol. The number of morpholine rings is 1. The molecule has 0 atom stereocenters. The molecule has 3 N–H and O–H groups in total. The highest BCUT2D eigenvalue weighted by Crippen LogP contribution is 2.28. The number of allylic oxidation sites excluding steroid dienone is 2. The van der Waals surface area contributed by atoms with E-state index in [-0.39, 0.29) is 11.8 Å². The quantitative estimate of drug-likeness (QED) is 0.415. The fourth-order valence-electron chi connectivity index (χ4n) is 4.28. The number of rotatable bonds is 8. The highest BCUT2D eigenvalue weighted by atomic mass is 32.1. The molecule has 2 aliphatic rings. The molecule has 3 heterocycles. The second-order valence-electron chi connectivity index (χ2n) is 8.87. The number of aryl methyl sites for hydroxylation is 1. The largest absolute Gasteiger partial charge is 0.379 e. The number of fused-ring (bicyclic) bond motifs is 1. The molecule has 1 saturated heterocycles. The van der Waals surface area contributed by atoms with Crippen molar-refractivity contribution in [1.29, 1.82) is 0 Å². The van der Waals surface area contributed by atoms with Crippen molar-refractivity contribution in [3.63, 3.8) is 0 Å². The molecule has 0 unspecified atom stereocenters. The summed E-state index contributed by atoms with van der Waals surface area (Å²) < 4.78 is 9.72. The van der Waals surface area contributed by atoms with E-state index >= 15 is 0 Å². The third kappa shape index (κ3) is 6.19. The van der Waals surface area contributed by atoms with Crippen molar-refractivity contribution in [2.75, 3.05) is 44.7 Å². The Morgan fingerprint density at radius 3 is 2.78 bits per heavy atom. The van der Waals surface area contributed by atoms with E-state index in [4.69, 9.17) is 4.74 Å². The summed E-state index contributed by atoms with van der Waals surface area (Å²) in [4.78, 5) is 37.2. The molecule has 0 radical (unpaired) electrons. The number of amides is 2. The molecule has 0 bridgehead atoms. The molecule has 1 aliphatic carbocycles. The number of nitrogens with zero attached hydrogens (tertiary/aromatic N) is 4. The summed E-state index contributed by atoms with van der Waals surface area (Å²) in [6.45, 7) is 6.41.